The summed E-state index contributed by atoms with van der Waals surface area (Å²) in [5, 5.41) is 3.48. The third-order valence-electron chi connectivity index (χ3n) is 4.06. The molecule has 1 aliphatic rings. The Labute approximate surface area is 115 Å². The van der Waals surface area contributed by atoms with E-state index in [9.17, 15) is 0 Å². The zero-order valence-electron chi connectivity index (χ0n) is 12.4. The minimum atomic E-state index is 0.285. The lowest BCUT2D eigenvalue weighted by molar-refractivity contribution is 0.179. The van der Waals surface area contributed by atoms with Gasteiger partial charge in [0.15, 0.2) is 0 Å². The molecular weight excluding hydrogens is 238 g/mol. The van der Waals surface area contributed by atoms with Gasteiger partial charge in [-0.25, -0.2) is 15.8 Å². The van der Waals surface area contributed by atoms with Crippen LogP contribution in [0.25, 0.3) is 0 Å². The molecule has 0 spiro atoms. The van der Waals surface area contributed by atoms with E-state index in [0.29, 0.717) is 11.2 Å². The van der Waals surface area contributed by atoms with Crippen molar-refractivity contribution < 1.29 is 0 Å². The smallest absolute Gasteiger partial charge is 0.148 e. The van der Waals surface area contributed by atoms with Gasteiger partial charge in [0.05, 0.1) is 0 Å². The molecule has 4 N–H and O–H groups in total. The van der Waals surface area contributed by atoms with E-state index in [1.165, 1.54) is 19.3 Å². The second kappa shape index (κ2) is 5.33. The first-order valence-electron chi connectivity index (χ1n) is 7.04. The maximum atomic E-state index is 5.54. The molecule has 1 aromatic rings. The molecule has 0 atom stereocenters. The Morgan fingerprint density at radius 1 is 1.26 bits per heavy atom. The fraction of sp³-hybridized carbons (Fsp3) is 0.714. The van der Waals surface area contributed by atoms with E-state index in [2.05, 4.69) is 41.5 Å². The first-order valence-corrected chi connectivity index (χ1v) is 7.04. The molecule has 0 aliphatic heterocycles. The van der Waals surface area contributed by atoms with Crippen LogP contribution in [-0.4, -0.2) is 16.5 Å². The Kier molecular flexibility index (Phi) is 3.94. The van der Waals surface area contributed by atoms with Gasteiger partial charge in [0.25, 0.3) is 0 Å². The van der Waals surface area contributed by atoms with Gasteiger partial charge in [-0.15, -0.1) is 0 Å². The maximum Gasteiger partial charge on any atom is 0.148 e. The quantitative estimate of drug-likeness (QED) is 0.562. The molecule has 0 amide bonds. The summed E-state index contributed by atoms with van der Waals surface area (Å²) in [6.45, 7) is 9.45. The number of aromatic nitrogens is 2. The largest absolute Gasteiger partial charge is 0.369 e. The molecule has 0 bridgehead atoms. The van der Waals surface area contributed by atoms with Crippen molar-refractivity contribution in [3.63, 3.8) is 0 Å². The predicted octanol–water partition coefficient (Wildman–Crippen LogP) is 2.80. The average molecular weight is 263 g/mol. The topological polar surface area (TPSA) is 75.9 Å². The lowest BCUT2D eigenvalue weighted by Gasteiger charge is -2.38. The predicted molar refractivity (Wildman–Crippen MR) is 79.1 cm³/mol. The average Bonchev–Trinajstić information content (AvgIpc) is 2.35. The molecule has 106 valence electrons. The van der Waals surface area contributed by atoms with E-state index >= 15 is 0 Å². The highest BCUT2D eigenvalue weighted by Gasteiger charge is 2.31. The van der Waals surface area contributed by atoms with Crippen LogP contribution in [0.4, 0.5) is 11.6 Å². The van der Waals surface area contributed by atoms with Crippen LogP contribution in [0, 0.1) is 12.3 Å². The standard InChI is InChI=1S/C14H25N5/c1-9(2)11-17-12(10(3)13(18-11)19-15)16-8-14(4)6-5-7-14/h9H,5-8,15H2,1-4H3,(H2,16,17,18,19). The summed E-state index contributed by atoms with van der Waals surface area (Å²) in [5.41, 5.74) is 4.07. The number of hydrogen-bond donors (Lipinski definition) is 3. The Morgan fingerprint density at radius 3 is 2.37 bits per heavy atom. The molecule has 1 heterocycles. The summed E-state index contributed by atoms with van der Waals surface area (Å²) in [5.74, 6) is 8.25. The van der Waals surface area contributed by atoms with Crippen molar-refractivity contribution in [1.29, 1.82) is 0 Å². The van der Waals surface area contributed by atoms with Gasteiger partial charge in [0, 0.05) is 18.0 Å². The second-order valence-electron chi connectivity index (χ2n) is 6.22. The minimum Gasteiger partial charge on any atom is -0.369 e. The Hall–Kier alpha value is -1.36. The molecule has 5 nitrogen and oxygen atoms in total. The fourth-order valence-electron chi connectivity index (χ4n) is 2.36. The molecule has 0 unspecified atom stereocenters. The van der Waals surface area contributed by atoms with E-state index in [-0.39, 0.29) is 5.92 Å². The van der Waals surface area contributed by atoms with Gasteiger partial charge < -0.3 is 10.7 Å². The molecule has 1 saturated carbocycles. The fourth-order valence-corrected chi connectivity index (χ4v) is 2.36. The van der Waals surface area contributed by atoms with Crippen molar-refractivity contribution in [1.82, 2.24) is 9.97 Å². The summed E-state index contributed by atoms with van der Waals surface area (Å²) in [6.07, 6.45) is 3.93. The van der Waals surface area contributed by atoms with Gasteiger partial charge >= 0.3 is 0 Å². The van der Waals surface area contributed by atoms with Crippen molar-refractivity contribution in [3.8, 4) is 0 Å². The summed E-state index contributed by atoms with van der Waals surface area (Å²) < 4.78 is 0. The lowest BCUT2D eigenvalue weighted by atomic mass is 9.70. The Morgan fingerprint density at radius 2 is 1.89 bits per heavy atom. The Bertz CT molecular complexity index is 451. The van der Waals surface area contributed by atoms with Crippen molar-refractivity contribution in [3.05, 3.63) is 11.4 Å². The normalized spacial score (nSPS) is 17.2. The van der Waals surface area contributed by atoms with Gasteiger partial charge in [-0.3, -0.25) is 0 Å². The van der Waals surface area contributed by atoms with Gasteiger partial charge in [0.2, 0.25) is 0 Å². The summed E-state index contributed by atoms with van der Waals surface area (Å²) in [4.78, 5) is 9.07. The highest BCUT2D eigenvalue weighted by molar-refractivity contribution is 5.57. The first kappa shape index (κ1) is 14.1. The van der Waals surface area contributed by atoms with Crippen LogP contribution in [0.1, 0.15) is 57.3 Å². The number of anilines is 2. The van der Waals surface area contributed by atoms with Crippen LogP contribution in [0.15, 0.2) is 0 Å². The lowest BCUT2D eigenvalue weighted by Crippen LogP contribution is -2.33. The van der Waals surface area contributed by atoms with Gasteiger partial charge in [-0.05, 0) is 25.2 Å². The molecule has 0 radical (unpaired) electrons. The SMILES string of the molecule is Cc1c(NN)nc(C(C)C)nc1NCC1(C)CCC1. The summed E-state index contributed by atoms with van der Waals surface area (Å²) in [7, 11) is 0. The number of hydrogen-bond acceptors (Lipinski definition) is 5. The van der Waals surface area contributed by atoms with Crippen molar-refractivity contribution in [2.45, 2.75) is 52.9 Å². The maximum absolute atomic E-state index is 5.54. The van der Waals surface area contributed by atoms with Gasteiger partial charge in [-0.1, -0.05) is 27.2 Å². The van der Waals surface area contributed by atoms with E-state index < -0.39 is 0 Å². The van der Waals surface area contributed by atoms with Crippen molar-refractivity contribution in [2.24, 2.45) is 11.3 Å². The van der Waals surface area contributed by atoms with Crippen LogP contribution in [0.3, 0.4) is 0 Å². The minimum absolute atomic E-state index is 0.285. The number of nitrogen functional groups attached to an aromatic ring is 1. The second-order valence-corrected chi connectivity index (χ2v) is 6.22. The van der Waals surface area contributed by atoms with Crippen LogP contribution < -0.4 is 16.6 Å². The molecule has 1 aromatic heterocycles. The molecule has 0 aromatic carbocycles. The van der Waals surface area contributed by atoms with Crippen molar-refractivity contribution >= 4 is 11.6 Å². The Balaban J connectivity index is 2.20. The highest BCUT2D eigenvalue weighted by Crippen LogP contribution is 2.40. The van der Waals surface area contributed by atoms with Crippen LogP contribution in [-0.2, 0) is 0 Å². The van der Waals surface area contributed by atoms with E-state index in [4.69, 9.17) is 5.84 Å². The molecule has 1 fully saturated rings. The third-order valence-corrected chi connectivity index (χ3v) is 4.06. The van der Waals surface area contributed by atoms with Crippen LogP contribution in [0.5, 0.6) is 0 Å². The van der Waals surface area contributed by atoms with E-state index in [1.54, 1.807) is 0 Å². The third kappa shape index (κ3) is 2.97. The molecule has 1 aliphatic carbocycles. The number of nitrogens with zero attached hydrogens (tertiary/aromatic N) is 2. The van der Waals surface area contributed by atoms with Crippen molar-refractivity contribution in [2.75, 3.05) is 17.3 Å². The summed E-state index contributed by atoms with van der Waals surface area (Å²) >= 11 is 0. The van der Waals surface area contributed by atoms with Crippen LogP contribution >= 0.6 is 0 Å². The first-order chi connectivity index (χ1) is 8.95. The zero-order chi connectivity index (χ0) is 14.0. The van der Waals surface area contributed by atoms with Gasteiger partial charge in [0.1, 0.15) is 17.5 Å². The molecule has 5 heteroatoms. The number of rotatable bonds is 5. The number of nitrogens with two attached hydrogens (primary N) is 1. The number of hydrazine groups is 1. The molecule has 0 saturated heterocycles. The molecule has 2 rings (SSSR count). The molecular formula is C14H25N5. The highest BCUT2D eigenvalue weighted by atomic mass is 15.3. The molecule has 19 heavy (non-hydrogen) atoms. The van der Waals surface area contributed by atoms with Crippen LogP contribution in [0.2, 0.25) is 0 Å². The zero-order valence-corrected chi connectivity index (χ0v) is 12.4. The van der Waals surface area contributed by atoms with Gasteiger partial charge in [-0.2, -0.15) is 0 Å². The number of nitrogens with one attached hydrogen (secondary N) is 2. The van der Waals surface area contributed by atoms with E-state index in [0.717, 1.165) is 23.8 Å². The monoisotopic (exact) mass is 263 g/mol. The summed E-state index contributed by atoms with van der Waals surface area (Å²) in [6, 6.07) is 0. The van der Waals surface area contributed by atoms with E-state index in [1.807, 2.05) is 6.92 Å².